The Kier molecular flexibility index (Phi) is 38.6. The summed E-state index contributed by atoms with van der Waals surface area (Å²) in [6, 6.07) is 42.3. The van der Waals surface area contributed by atoms with Crippen molar-refractivity contribution < 1.29 is 48.1 Å². The Labute approximate surface area is 746 Å². The van der Waals surface area contributed by atoms with Gasteiger partial charge in [-0.25, -0.2) is 39.9 Å². The lowest BCUT2D eigenvalue weighted by atomic mass is 10.2. The zero-order valence-corrected chi connectivity index (χ0v) is 77.0. The lowest BCUT2D eigenvalue weighted by Crippen LogP contribution is -2.24. The lowest BCUT2D eigenvalue weighted by Gasteiger charge is -2.21. The number of aromatic nitrogens is 12. The van der Waals surface area contributed by atoms with Gasteiger partial charge in [0.1, 0.15) is 93.9 Å². The topological polar surface area (TPSA) is 321 Å². The highest BCUT2D eigenvalue weighted by molar-refractivity contribution is 6.11. The zero-order chi connectivity index (χ0) is 90.4. The van der Waals surface area contributed by atoms with Gasteiger partial charge in [0.05, 0.1) is 28.7 Å². The van der Waals surface area contributed by atoms with Crippen molar-refractivity contribution >= 4 is 146 Å². The summed E-state index contributed by atoms with van der Waals surface area (Å²) in [7, 11) is 3.99. The number of amides is 4. The molecule has 0 spiro atoms. The summed E-state index contributed by atoms with van der Waals surface area (Å²) >= 11 is 0. The number of carbonyl (C=O) groups excluding carboxylic acids is 5. The first-order valence-corrected chi connectivity index (χ1v) is 46.2. The molecule has 5 N–H and O–H groups in total. The number of esters is 1. The summed E-state index contributed by atoms with van der Waals surface area (Å²) < 4.78 is 12.7. The number of hydrogen-bond acceptors (Lipinski definition) is 21. The van der Waals surface area contributed by atoms with Crippen molar-refractivity contribution in [3.63, 3.8) is 0 Å². The van der Waals surface area contributed by atoms with Crippen LogP contribution >= 0.6 is 0 Å². The van der Waals surface area contributed by atoms with E-state index in [0.717, 1.165) is 270 Å². The number of unbranched alkanes of at least 4 members (excludes halogenated alkanes) is 8. The minimum Gasteiger partial charge on any atom is -0.466 e. The number of fused-ring (bicyclic) bond motifs is 12. The Hall–Kier alpha value is -12.4. The highest BCUT2D eigenvalue weighted by Gasteiger charge is 2.26. The van der Waals surface area contributed by atoms with Crippen molar-refractivity contribution in [2.75, 3.05) is 100 Å². The maximum absolute atomic E-state index is 11.7. The van der Waals surface area contributed by atoms with Crippen molar-refractivity contribution in [1.29, 1.82) is 0 Å². The molecule has 0 aliphatic carbocycles. The Morgan fingerprint density at radius 1 is 0.346 bits per heavy atom. The zero-order valence-electron chi connectivity index (χ0n) is 77.0. The average Bonchev–Trinajstić information content (AvgIpc) is 1.63. The number of benzene rings is 5. The molecule has 29 heteroatoms. The van der Waals surface area contributed by atoms with E-state index < -0.39 is 0 Å². The summed E-state index contributed by atoms with van der Waals surface area (Å²) in [4.78, 5) is 126. The van der Waals surface area contributed by atoms with Crippen LogP contribution in [0, 0.1) is 0 Å². The van der Waals surface area contributed by atoms with Gasteiger partial charge in [0.15, 0.2) is 23.3 Å². The standard InChI is InChI=1S/C27H33N5O2.C25H37N5O2.C23H33N5O2.C23H30N4O4/c1-3-5-17-23-31-25-26(32(23)34-19-12-11-18-28-24(33)4-2)21-15-9-10-16-22(21)30-27(25)29-20-13-7-6-8-14-20;1-5-9-16-21-28-23-24(30(21)32-18-13-12-17-26-22(31)6-2)19-14-10-11-15-20(19)27-25(23)29(7-3)8-4;1-5-7-14-19-26-21-22(28(19)30-16-11-10-15-24-20(29)6-2)17-12-8-9-13-18(17)25-23(21)27(3)4;1-4-6-13-19-26-21-22(27(19)31-15-10-9-14-30-20(29)5-2)17-11-7-8-12-18(17)25-23(21)24-16(3)28/h6-10,13-16H,3-5,11-12,17-19H2,1-2H3,(H,28,33)(H,29,30);10-11,14-15H,5-9,12-13,16-18H2,1-4H3,(H,26,31);8-9,12-13H,5-7,10-11,14-16H2,1-4H3,(H,24,29);7-8,11-12H,4-6,9-10,13-15H2,1-3H3,(H,24,25,28). The fourth-order valence-corrected chi connectivity index (χ4v) is 14.6. The monoisotopic (exact) mass is 1740 g/mol. The van der Waals surface area contributed by atoms with Crippen molar-refractivity contribution in [2.45, 2.75) is 230 Å². The third kappa shape index (κ3) is 26.4. The fourth-order valence-electron chi connectivity index (χ4n) is 14.6. The van der Waals surface area contributed by atoms with Crippen LogP contribution in [-0.2, 0) is 54.4 Å². The van der Waals surface area contributed by atoms with Crippen molar-refractivity contribution in [3.05, 3.63) is 151 Å². The Morgan fingerprint density at radius 3 is 1.03 bits per heavy atom. The number of rotatable bonds is 47. The maximum Gasteiger partial charge on any atom is 0.305 e. The molecule has 5 aromatic carbocycles. The molecule has 0 fully saturated rings. The molecule has 0 aliphatic heterocycles. The van der Waals surface area contributed by atoms with Gasteiger partial charge in [-0.15, -0.1) is 0 Å². The Bertz CT molecular complexity index is 5700. The molecule has 8 aromatic heterocycles. The number of aryl methyl sites for hydroxylation is 4. The molecule has 127 heavy (non-hydrogen) atoms. The summed E-state index contributed by atoms with van der Waals surface area (Å²) in [6.07, 6.45) is 20.3. The van der Waals surface area contributed by atoms with Gasteiger partial charge in [0, 0.05) is 132 Å². The molecule has 0 bridgehead atoms. The number of carbonyl (C=O) groups is 5. The van der Waals surface area contributed by atoms with Crippen LogP contribution in [0.1, 0.15) is 228 Å². The van der Waals surface area contributed by atoms with Crippen LogP contribution in [0.2, 0.25) is 0 Å². The smallest absolute Gasteiger partial charge is 0.305 e. The molecule has 0 saturated carbocycles. The largest absolute Gasteiger partial charge is 0.466 e. The van der Waals surface area contributed by atoms with Crippen molar-refractivity contribution in [3.8, 4) is 0 Å². The molecule has 0 atom stereocenters. The molecule has 0 saturated heterocycles. The summed E-state index contributed by atoms with van der Waals surface area (Å²) in [5, 5.41) is 19.1. The number of ether oxygens (including phenoxy) is 1. The SMILES string of the molecule is CCCCc1nc2c(N(C)C)nc3ccccc3c2n1OCCCCNC(=O)CC.CCCCc1nc2c(N(CC)CC)nc3ccccc3c2n1OCCCCNC(=O)CC.CCCCc1nc2c(NC(C)=O)nc3ccccc3c2n1OCCCCOC(=O)CC.CCCCc1nc2c(Nc3ccccc3)nc3ccccc3c2n1OCCCCNC(=O)CC. The molecular formula is C98H133N19O10. The van der Waals surface area contributed by atoms with Crippen LogP contribution in [-0.4, -0.2) is 168 Å². The van der Waals surface area contributed by atoms with E-state index in [4.69, 9.17) is 59.0 Å². The molecule has 680 valence electrons. The van der Waals surface area contributed by atoms with E-state index in [0.29, 0.717) is 89.7 Å². The lowest BCUT2D eigenvalue weighted by molar-refractivity contribution is -0.143. The van der Waals surface area contributed by atoms with E-state index in [9.17, 15) is 24.0 Å². The van der Waals surface area contributed by atoms with E-state index in [2.05, 4.69) is 102 Å². The number of nitrogens with one attached hydrogen (secondary N) is 5. The van der Waals surface area contributed by atoms with Gasteiger partial charge in [-0.1, -0.05) is 172 Å². The summed E-state index contributed by atoms with van der Waals surface area (Å²) in [5.41, 5.74) is 11.4. The van der Waals surface area contributed by atoms with Crippen LogP contribution in [0.3, 0.4) is 0 Å². The highest BCUT2D eigenvalue weighted by atomic mass is 16.7. The molecule has 0 radical (unpaired) electrons. The number of hydrogen-bond donors (Lipinski definition) is 5. The second kappa shape index (κ2) is 50.6. The molecule has 0 aliphatic rings. The predicted octanol–water partition coefficient (Wildman–Crippen LogP) is 17.7. The van der Waals surface area contributed by atoms with E-state index in [1.54, 1.807) is 11.7 Å². The van der Waals surface area contributed by atoms with Crippen LogP contribution in [0.15, 0.2) is 127 Å². The minimum atomic E-state index is -0.198. The second-order valence-corrected chi connectivity index (χ2v) is 31.4. The quantitative estimate of drug-likeness (QED) is 0.0175. The summed E-state index contributed by atoms with van der Waals surface area (Å²) in [6.45, 7) is 28.1. The van der Waals surface area contributed by atoms with Crippen LogP contribution in [0.5, 0.6) is 0 Å². The molecule has 8 heterocycles. The third-order valence-electron chi connectivity index (χ3n) is 21.5. The van der Waals surface area contributed by atoms with Gasteiger partial charge in [-0.05, 0) is 127 Å². The number of nitrogens with zero attached hydrogens (tertiary/aromatic N) is 14. The Morgan fingerprint density at radius 2 is 0.669 bits per heavy atom. The van der Waals surface area contributed by atoms with Crippen molar-refractivity contribution in [1.82, 2.24) is 74.7 Å². The molecular weight excluding hydrogens is 1600 g/mol. The van der Waals surface area contributed by atoms with E-state index in [1.165, 1.54) is 6.92 Å². The maximum atomic E-state index is 11.7. The van der Waals surface area contributed by atoms with Crippen LogP contribution in [0.25, 0.3) is 87.7 Å². The molecule has 4 amide bonds. The third-order valence-corrected chi connectivity index (χ3v) is 21.5. The average molecular weight is 1740 g/mol. The second-order valence-electron chi connectivity index (χ2n) is 31.4. The number of anilines is 5. The number of imidazole rings is 4. The number of pyridine rings is 4. The van der Waals surface area contributed by atoms with E-state index in [-0.39, 0.29) is 29.6 Å². The highest BCUT2D eigenvalue weighted by Crippen LogP contribution is 2.37. The van der Waals surface area contributed by atoms with E-state index >= 15 is 0 Å². The molecule has 29 nitrogen and oxygen atoms in total. The molecule has 13 aromatic rings. The summed E-state index contributed by atoms with van der Waals surface area (Å²) in [5.74, 6) is 6.42. The van der Waals surface area contributed by atoms with Crippen LogP contribution < -0.4 is 55.7 Å². The fraction of sp³-hybridized carbons (Fsp3) is 0.480. The normalized spacial score (nSPS) is 11.2. The van der Waals surface area contributed by atoms with Gasteiger partial charge in [-0.3, -0.25) is 24.0 Å². The Balaban J connectivity index is 0.000000177. The van der Waals surface area contributed by atoms with Gasteiger partial charge < -0.3 is 60.5 Å². The van der Waals surface area contributed by atoms with Crippen LogP contribution in [0.4, 0.5) is 29.0 Å². The van der Waals surface area contributed by atoms with Crippen molar-refractivity contribution in [2.24, 2.45) is 0 Å². The molecule has 0 unspecified atom stereocenters. The van der Waals surface area contributed by atoms with Gasteiger partial charge in [0.2, 0.25) is 23.6 Å². The van der Waals surface area contributed by atoms with Gasteiger partial charge >= 0.3 is 5.97 Å². The van der Waals surface area contributed by atoms with E-state index in [1.807, 2.05) is 157 Å². The first-order chi connectivity index (χ1) is 62.0. The molecule has 13 rings (SSSR count). The number of para-hydroxylation sites is 5. The minimum absolute atomic E-state index is 0.0841. The van der Waals surface area contributed by atoms with Gasteiger partial charge in [0.25, 0.3) is 0 Å². The first-order valence-electron chi connectivity index (χ1n) is 46.2. The van der Waals surface area contributed by atoms with Gasteiger partial charge in [-0.2, -0.15) is 18.9 Å². The predicted molar refractivity (Wildman–Crippen MR) is 510 cm³/mol. The first kappa shape index (κ1) is 96.8.